The molecule has 15 heavy (non-hydrogen) atoms. The number of rotatable bonds is 4. The lowest BCUT2D eigenvalue weighted by Gasteiger charge is -2.43. The third kappa shape index (κ3) is 2.07. The highest BCUT2D eigenvalue weighted by molar-refractivity contribution is 5.03. The van der Waals surface area contributed by atoms with Crippen LogP contribution < -0.4 is 5.73 Å². The molecule has 2 heteroatoms. The molecule has 3 unspecified atom stereocenters. The van der Waals surface area contributed by atoms with E-state index in [1.54, 1.807) is 0 Å². The highest BCUT2D eigenvalue weighted by atomic mass is 16.3. The predicted octanol–water partition coefficient (Wildman–Crippen LogP) is 2.30. The average Bonchev–Trinajstić information content (AvgIpc) is 2.86. The molecule has 3 N–H and O–H groups in total. The van der Waals surface area contributed by atoms with Crippen LogP contribution in [0, 0.1) is 17.3 Å². The molecular formula is C13H25NO. The van der Waals surface area contributed by atoms with Crippen molar-refractivity contribution < 1.29 is 5.11 Å². The van der Waals surface area contributed by atoms with Gasteiger partial charge in [-0.15, -0.1) is 0 Å². The molecule has 0 aromatic rings. The van der Waals surface area contributed by atoms with Crippen molar-refractivity contribution in [2.75, 3.05) is 6.54 Å². The molecule has 3 atom stereocenters. The van der Waals surface area contributed by atoms with Crippen molar-refractivity contribution in [1.29, 1.82) is 0 Å². The van der Waals surface area contributed by atoms with Gasteiger partial charge in [0.1, 0.15) is 0 Å². The SMILES string of the molecule is CC1CCC(CN)(C(C)(O)CC2CC2)C1. The summed E-state index contributed by atoms with van der Waals surface area (Å²) in [6, 6.07) is 0. The minimum Gasteiger partial charge on any atom is -0.390 e. The summed E-state index contributed by atoms with van der Waals surface area (Å²) < 4.78 is 0. The zero-order chi connectivity index (χ0) is 11.1. The highest BCUT2D eigenvalue weighted by Crippen LogP contribution is 2.52. The molecule has 2 rings (SSSR count). The first kappa shape index (κ1) is 11.4. The topological polar surface area (TPSA) is 46.2 Å². The van der Waals surface area contributed by atoms with Crippen molar-refractivity contribution in [3.8, 4) is 0 Å². The molecule has 0 aliphatic heterocycles. The van der Waals surface area contributed by atoms with Gasteiger partial charge in [-0.1, -0.05) is 26.2 Å². The molecule has 2 fully saturated rings. The van der Waals surface area contributed by atoms with E-state index in [4.69, 9.17) is 5.73 Å². The van der Waals surface area contributed by atoms with Crippen LogP contribution >= 0.6 is 0 Å². The van der Waals surface area contributed by atoms with Crippen LogP contribution in [0.3, 0.4) is 0 Å². The fourth-order valence-electron chi connectivity index (χ4n) is 3.39. The molecule has 2 aliphatic rings. The van der Waals surface area contributed by atoms with E-state index in [0.717, 1.165) is 31.1 Å². The van der Waals surface area contributed by atoms with E-state index in [1.165, 1.54) is 19.3 Å². The molecule has 0 aromatic heterocycles. The first-order chi connectivity index (χ1) is 6.99. The number of aliphatic hydroxyl groups is 1. The number of nitrogens with two attached hydrogens (primary N) is 1. The summed E-state index contributed by atoms with van der Waals surface area (Å²) in [5.74, 6) is 1.51. The Kier molecular flexibility index (Phi) is 2.85. The average molecular weight is 211 g/mol. The molecule has 2 saturated carbocycles. The van der Waals surface area contributed by atoms with Gasteiger partial charge in [0.15, 0.2) is 0 Å². The summed E-state index contributed by atoms with van der Waals surface area (Å²) in [5, 5.41) is 10.7. The van der Waals surface area contributed by atoms with Gasteiger partial charge >= 0.3 is 0 Å². The molecule has 2 aliphatic carbocycles. The molecule has 0 radical (unpaired) electrons. The minimum absolute atomic E-state index is 0.00894. The van der Waals surface area contributed by atoms with Gasteiger partial charge in [-0.05, 0) is 38.0 Å². The van der Waals surface area contributed by atoms with Crippen molar-refractivity contribution in [3.05, 3.63) is 0 Å². The van der Waals surface area contributed by atoms with Gasteiger partial charge in [-0.2, -0.15) is 0 Å². The normalized spacial score (nSPS) is 40.4. The van der Waals surface area contributed by atoms with E-state index >= 15 is 0 Å². The first-order valence-electron chi connectivity index (χ1n) is 6.41. The van der Waals surface area contributed by atoms with Gasteiger partial charge in [0.2, 0.25) is 0 Å². The van der Waals surface area contributed by atoms with Crippen LogP contribution in [0.25, 0.3) is 0 Å². The monoisotopic (exact) mass is 211 g/mol. The van der Waals surface area contributed by atoms with Crippen LogP contribution in [-0.2, 0) is 0 Å². The molecule has 88 valence electrons. The lowest BCUT2D eigenvalue weighted by Crippen LogP contribution is -2.49. The Balaban J connectivity index is 2.09. The van der Waals surface area contributed by atoms with Crippen LogP contribution in [0.1, 0.15) is 52.4 Å². The first-order valence-corrected chi connectivity index (χ1v) is 6.41. The van der Waals surface area contributed by atoms with Gasteiger partial charge < -0.3 is 10.8 Å². The molecule has 2 nitrogen and oxygen atoms in total. The standard InChI is InChI=1S/C13H25NO/c1-10-5-6-13(7-10,9-14)12(2,15)8-11-3-4-11/h10-11,15H,3-9,14H2,1-2H3. The second-order valence-corrected chi connectivity index (χ2v) is 6.25. The lowest BCUT2D eigenvalue weighted by molar-refractivity contribution is -0.0747. The molecule has 0 heterocycles. The van der Waals surface area contributed by atoms with Crippen LogP contribution in [0.2, 0.25) is 0 Å². The van der Waals surface area contributed by atoms with Gasteiger partial charge in [0, 0.05) is 12.0 Å². The Bertz CT molecular complexity index is 235. The van der Waals surface area contributed by atoms with Gasteiger partial charge in [-0.25, -0.2) is 0 Å². The molecule has 0 spiro atoms. The molecule has 0 bridgehead atoms. The number of hydrogen-bond donors (Lipinski definition) is 2. The lowest BCUT2D eigenvalue weighted by atomic mass is 9.68. The van der Waals surface area contributed by atoms with Gasteiger partial charge in [0.05, 0.1) is 5.60 Å². The molecular weight excluding hydrogens is 186 g/mol. The van der Waals surface area contributed by atoms with Crippen LogP contribution in [-0.4, -0.2) is 17.3 Å². The van der Waals surface area contributed by atoms with Crippen molar-refractivity contribution >= 4 is 0 Å². The van der Waals surface area contributed by atoms with Crippen molar-refractivity contribution in [2.24, 2.45) is 23.0 Å². The largest absolute Gasteiger partial charge is 0.390 e. The van der Waals surface area contributed by atoms with E-state index < -0.39 is 5.60 Å². The smallest absolute Gasteiger partial charge is 0.0690 e. The Morgan fingerprint density at radius 1 is 1.40 bits per heavy atom. The zero-order valence-electron chi connectivity index (χ0n) is 10.1. The van der Waals surface area contributed by atoms with Crippen molar-refractivity contribution in [1.82, 2.24) is 0 Å². The molecule has 0 amide bonds. The third-order valence-corrected chi connectivity index (χ3v) is 4.77. The second kappa shape index (κ2) is 3.74. The fraction of sp³-hybridized carbons (Fsp3) is 1.00. The van der Waals surface area contributed by atoms with E-state index in [9.17, 15) is 5.11 Å². The van der Waals surface area contributed by atoms with Crippen LogP contribution in [0.4, 0.5) is 0 Å². The maximum absolute atomic E-state index is 10.7. The Labute approximate surface area is 93.2 Å². The minimum atomic E-state index is -0.534. The maximum Gasteiger partial charge on any atom is 0.0690 e. The summed E-state index contributed by atoms with van der Waals surface area (Å²) in [4.78, 5) is 0. The summed E-state index contributed by atoms with van der Waals surface area (Å²) in [5.41, 5.74) is 5.43. The highest BCUT2D eigenvalue weighted by Gasteiger charge is 2.51. The van der Waals surface area contributed by atoms with E-state index in [-0.39, 0.29) is 5.41 Å². The van der Waals surface area contributed by atoms with Gasteiger partial charge in [0.25, 0.3) is 0 Å². The van der Waals surface area contributed by atoms with E-state index in [1.807, 2.05) is 6.92 Å². The Morgan fingerprint density at radius 2 is 2.07 bits per heavy atom. The molecule has 0 saturated heterocycles. The second-order valence-electron chi connectivity index (χ2n) is 6.25. The van der Waals surface area contributed by atoms with Gasteiger partial charge in [-0.3, -0.25) is 0 Å². The van der Waals surface area contributed by atoms with E-state index in [0.29, 0.717) is 6.54 Å². The van der Waals surface area contributed by atoms with Crippen LogP contribution in [0.15, 0.2) is 0 Å². The maximum atomic E-state index is 10.7. The summed E-state index contributed by atoms with van der Waals surface area (Å²) in [6.45, 7) is 4.96. The quantitative estimate of drug-likeness (QED) is 0.749. The fourth-order valence-corrected chi connectivity index (χ4v) is 3.39. The third-order valence-electron chi connectivity index (χ3n) is 4.77. The number of hydrogen-bond acceptors (Lipinski definition) is 2. The Hall–Kier alpha value is -0.0800. The summed E-state index contributed by atoms with van der Waals surface area (Å²) in [6.07, 6.45) is 7.06. The van der Waals surface area contributed by atoms with E-state index in [2.05, 4.69) is 6.92 Å². The predicted molar refractivity (Wildman–Crippen MR) is 62.5 cm³/mol. The Morgan fingerprint density at radius 3 is 2.47 bits per heavy atom. The summed E-state index contributed by atoms with van der Waals surface area (Å²) >= 11 is 0. The van der Waals surface area contributed by atoms with Crippen molar-refractivity contribution in [2.45, 2.75) is 58.0 Å². The van der Waals surface area contributed by atoms with Crippen molar-refractivity contribution in [3.63, 3.8) is 0 Å². The zero-order valence-corrected chi connectivity index (χ0v) is 10.1. The molecule has 0 aromatic carbocycles. The van der Waals surface area contributed by atoms with Crippen LogP contribution in [0.5, 0.6) is 0 Å². The summed E-state index contributed by atoms with van der Waals surface area (Å²) in [7, 11) is 0.